The molecule has 0 amide bonds. The summed E-state index contributed by atoms with van der Waals surface area (Å²) in [7, 11) is 0. The summed E-state index contributed by atoms with van der Waals surface area (Å²) in [6.07, 6.45) is 3.71. The lowest BCUT2D eigenvalue weighted by Gasteiger charge is -2.18. The predicted molar refractivity (Wildman–Crippen MR) is 61.4 cm³/mol. The van der Waals surface area contributed by atoms with E-state index in [0.717, 1.165) is 12.0 Å². The number of hydrogen-bond donors (Lipinski definition) is 2. The van der Waals surface area contributed by atoms with Crippen molar-refractivity contribution in [3.63, 3.8) is 0 Å². The topological polar surface area (TPSA) is 45.1 Å². The monoisotopic (exact) mass is 226 g/mol. The molecule has 0 aliphatic carbocycles. The van der Waals surface area contributed by atoms with E-state index in [4.69, 9.17) is 5.11 Å². The van der Waals surface area contributed by atoms with Crippen LogP contribution in [0.1, 0.15) is 25.8 Å². The van der Waals surface area contributed by atoms with Crippen molar-refractivity contribution in [3.8, 4) is 0 Å². The first-order valence-corrected chi connectivity index (χ1v) is 5.55. The van der Waals surface area contributed by atoms with Gasteiger partial charge in [-0.15, -0.1) is 0 Å². The Hall–Kier alpha value is -1.00. The molecular formula is C12H19FN2O. The van der Waals surface area contributed by atoms with Crippen LogP contribution in [0.4, 0.5) is 4.39 Å². The molecule has 1 aromatic rings. The molecule has 0 bridgehead atoms. The first-order valence-electron chi connectivity index (χ1n) is 5.55. The molecule has 1 unspecified atom stereocenters. The second kappa shape index (κ2) is 6.55. The number of aromatic nitrogens is 1. The molecule has 2 N–H and O–H groups in total. The van der Waals surface area contributed by atoms with Crippen molar-refractivity contribution in [2.24, 2.45) is 5.92 Å². The van der Waals surface area contributed by atoms with Crippen molar-refractivity contribution in [2.45, 2.75) is 32.9 Å². The van der Waals surface area contributed by atoms with Gasteiger partial charge in [0, 0.05) is 18.8 Å². The SMILES string of the molecule is CC(C)CC(CO)NCc1cncc(F)c1. The Kier molecular flexibility index (Phi) is 5.35. The lowest BCUT2D eigenvalue weighted by Crippen LogP contribution is -2.33. The summed E-state index contributed by atoms with van der Waals surface area (Å²) in [5, 5.41) is 12.3. The molecule has 0 spiro atoms. The minimum absolute atomic E-state index is 0.0586. The molecule has 0 saturated carbocycles. The van der Waals surface area contributed by atoms with Crippen molar-refractivity contribution in [1.29, 1.82) is 0 Å². The van der Waals surface area contributed by atoms with Crippen molar-refractivity contribution in [2.75, 3.05) is 6.61 Å². The highest BCUT2D eigenvalue weighted by molar-refractivity contribution is 5.09. The zero-order valence-corrected chi connectivity index (χ0v) is 9.78. The lowest BCUT2D eigenvalue weighted by atomic mass is 10.0. The smallest absolute Gasteiger partial charge is 0.141 e. The Labute approximate surface area is 95.7 Å². The maximum Gasteiger partial charge on any atom is 0.141 e. The zero-order chi connectivity index (χ0) is 12.0. The molecule has 3 nitrogen and oxygen atoms in total. The van der Waals surface area contributed by atoms with Crippen molar-refractivity contribution in [3.05, 3.63) is 29.8 Å². The number of nitrogens with zero attached hydrogens (tertiary/aromatic N) is 1. The van der Waals surface area contributed by atoms with Crippen LogP contribution < -0.4 is 5.32 Å². The molecule has 1 rings (SSSR count). The lowest BCUT2D eigenvalue weighted by molar-refractivity contribution is 0.223. The first-order chi connectivity index (χ1) is 7.61. The fraction of sp³-hybridized carbons (Fsp3) is 0.583. The van der Waals surface area contributed by atoms with E-state index in [1.165, 1.54) is 12.3 Å². The highest BCUT2D eigenvalue weighted by Crippen LogP contribution is 2.06. The van der Waals surface area contributed by atoms with Crippen LogP contribution in [0, 0.1) is 11.7 Å². The number of rotatable bonds is 6. The van der Waals surface area contributed by atoms with E-state index in [1.807, 2.05) is 0 Å². The maximum atomic E-state index is 12.8. The van der Waals surface area contributed by atoms with Gasteiger partial charge in [0.05, 0.1) is 12.8 Å². The molecule has 1 aromatic heterocycles. The number of pyridine rings is 1. The summed E-state index contributed by atoms with van der Waals surface area (Å²) in [4.78, 5) is 3.77. The van der Waals surface area contributed by atoms with Crippen LogP contribution in [0.2, 0.25) is 0 Å². The zero-order valence-electron chi connectivity index (χ0n) is 9.78. The molecule has 4 heteroatoms. The van der Waals surface area contributed by atoms with E-state index in [0.29, 0.717) is 12.5 Å². The third-order valence-corrected chi connectivity index (χ3v) is 2.33. The molecule has 0 aliphatic rings. The Morgan fingerprint density at radius 3 is 2.75 bits per heavy atom. The van der Waals surface area contributed by atoms with Crippen LogP contribution >= 0.6 is 0 Å². The molecule has 0 saturated heterocycles. The minimum Gasteiger partial charge on any atom is -0.395 e. The predicted octanol–water partition coefficient (Wildman–Crippen LogP) is 1.72. The number of halogens is 1. The van der Waals surface area contributed by atoms with Crippen LogP contribution in [0.5, 0.6) is 0 Å². The summed E-state index contributed by atoms with van der Waals surface area (Å²) in [5.74, 6) is 0.194. The van der Waals surface area contributed by atoms with Gasteiger partial charge in [-0.2, -0.15) is 0 Å². The third-order valence-electron chi connectivity index (χ3n) is 2.33. The number of nitrogens with one attached hydrogen (secondary N) is 1. The van der Waals surface area contributed by atoms with E-state index < -0.39 is 0 Å². The summed E-state index contributed by atoms with van der Waals surface area (Å²) in [5.41, 5.74) is 0.794. The third kappa shape index (κ3) is 4.68. The Balaban J connectivity index is 2.43. The standard InChI is InChI=1S/C12H19FN2O/c1-9(2)3-12(8-16)15-6-10-4-11(13)7-14-5-10/h4-5,7,9,12,15-16H,3,6,8H2,1-2H3. The van der Waals surface area contributed by atoms with Gasteiger partial charge in [-0.05, 0) is 24.0 Å². The number of aliphatic hydroxyl groups excluding tert-OH is 1. The summed E-state index contributed by atoms with van der Waals surface area (Å²) in [6.45, 7) is 4.84. The van der Waals surface area contributed by atoms with E-state index in [-0.39, 0.29) is 18.5 Å². The van der Waals surface area contributed by atoms with Gasteiger partial charge in [0.25, 0.3) is 0 Å². The van der Waals surface area contributed by atoms with Gasteiger partial charge >= 0.3 is 0 Å². The van der Waals surface area contributed by atoms with Gasteiger partial charge in [0.1, 0.15) is 5.82 Å². The molecule has 1 heterocycles. The van der Waals surface area contributed by atoms with E-state index >= 15 is 0 Å². The molecule has 90 valence electrons. The Morgan fingerprint density at radius 2 is 2.19 bits per heavy atom. The molecule has 0 fully saturated rings. The molecule has 0 radical (unpaired) electrons. The van der Waals surface area contributed by atoms with Gasteiger partial charge in [0.2, 0.25) is 0 Å². The van der Waals surface area contributed by atoms with E-state index in [1.54, 1.807) is 6.20 Å². The summed E-state index contributed by atoms with van der Waals surface area (Å²) < 4.78 is 12.8. The fourth-order valence-corrected chi connectivity index (χ4v) is 1.61. The average Bonchev–Trinajstić information content (AvgIpc) is 2.24. The van der Waals surface area contributed by atoms with Crippen LogP contribution in [0.3, 0.4) is 0 Å². The quantitative estimate of drug-likeness (QED) is 0.776. The fourth-order valence-electron chi connectivity index (χ4n) is 1.61. The van der Waals surface area contributed by atoms with Gasteiger partial charge in [0.15, 0.2) is 0 Å². The molecule has 0 aromatic carbocycles. The number of aliphatic hydroxyl groups is 1. The molecular weight excluding hydrogens is 207 g/mol. The van der Waals surface area contributed by atoms with Crippen LogP contribution in [-0.4, -0.2) is 22.7 Å². The van der Waals surface area contributed by atoms with Crippen molar-refractivity contribution >= 4 is 0 Å². The maximum absolute atomic E-state index is 12.8. The van der Waals surface area contributed by atoms with Crippen molar-refractivity contribution < 1.29 is 9.50 Å². The normalized spacial score (nSPS) is 13.1. The second-order valence-electron chi connectivity index (χ2n) is 4.40. The van der Waals surface area contributed by atoms with E-state index in [2.05, 4.69) is 24.1 Å². The van der Waals surface area contributed by atoms with Gasteiger partial charge < -0.3 is 10.4 Å². The van der Waals surface area contributed by atoms with Gasteiger partial charge in [-0.3, -0.25) is 4.98 Å². The van der Waals surface area contributed by atoms with Crippen molar-refractivity contribution in [1.82, 2.24) is 10.3 Å². The molecule has 0 aliphatic heterocycles. The minimum atomic E-state index is -0.330. The largest absolute Gasteiger partial charge is 0.395 e. The van der Waals surface area contributed by atoms with Gasteiger partial charge in [-0.1, -0.05) is 13.8 Å². The molecule has 1 atom stereocenters. The Morgan fingerprint density at radius 1 is 1.44 bits per heavy atom. The van der Waals surface area contributed by atoms with Crippen LogP contribution in [0.25, 0.3) is 0 Å². The average molecular weight is 226 g/mol. The summed E-state index contributed by atoms with van der Waals surface area (Å²) >= 11 is 0. The summed E-state index contributed by atoms with van der Waals surface area (Å²) in [6, 6.07) is 1.51. The highest BCUT2D eigenvalue weighted by Gasteiger charge is 2.09. The Bertz CT molecular complexity index is 318. The number of hydrogen-bond acceptors (Lipinski definition) is 3. The highest BCUT2D eigenvalue weighted by atomic mass is 19.1. The van der Waals surface area contributed by atoms with Crippen LogP contribution in [0.15, 0.2) is 18.5 Å². The van der Waals surface area contributed by atoms with Gasteiger partial charge in [-0.25, -0.2) is 4.39 Å². The van der Waals surface area contributed by atoms with E-state index in [9.17, 15) is 4.39 Å². The molecule has 16 heavy (non-hydrogen) atoms. The van der Waals surface area contributed by atoms with Crippen LogP contribution in [-0.2, 0) is 6.54 Å². The first kappa shape index (κ1) is 13.1. The second-order valence-corrected chi connectivity index (χ2v) is 4.40.